The van der Waals surface area contributed by atoms with Gasteiger partial charge in [-0.2, -0.15) is 0 Å². The molecule has 17 heavy (non-hydrogen) atoms. The molecule has 2 atom stereocenters. The van der Waals surface area contributed by atoms with Crippen molar-refractivity contribution in [1.82, 2.24) is 0 Å². The van der Waals surface area contributed by atoms with Crippen LogP contribution in [0.5, 0.6) is 0 Å². The summed E-state index contributed by atoms with van der Waals surface area (Å²) in [5, 5.41) is 32.5. The maximum absolute atomic E-state index is 9.92. The fraction of sp³-hybridized carbons (Fsp3) is 0.250. The Bertz CT molecular complexity index is 335. The van der Waals surface area contributed by atoms with Crippen molar-refractivity contribution in [2.45, 2.75) is 12.2 Å². The van der Waals surface area contributed by atoms with Gasteiger partial charge in [0, 0.05) is 12.2 Å². The molecule has 9 nitrogen and oxygen atoms in total. The van der Waals surface area contributed by atoms with Crippen LogP contribution in [0.15, 0.2) is 12.2 Å². The van der Waals surface area contributed by atoms with Crippen LogP contribution in [-0.4, -0.2) is 56.5 Å². The van der Waals surface area contributed by atoms with Gasteiger partial charge in [0.05, 0.1) is 0 Å². The van der Waals surface area contributed by atoms with Crippen molar-refractivity contribution in [3.63, 3.8) is 0 Å². The molecule has 0 bridgehead atoms. The van der Waals surface area contributed by atoms with Crippen molar-refractivity contribution in [1.29, 1.82) is 0 Å². The second kappa shape index (κ2) is 6.35. The van der Waals surface area contributed by atoms with Crippen LogP contribution in [-0.2, 0) is 23.9 Å². The van der Waals surface area contributed by atoms with Gasteiger partial charge in [0.25, 0.3) is 0 Å². The van der Waals surface area contributed by atoms with Crippen LogP contribution in [0.2, 0.25) is 0 Å². The Labute approximate surface area is 93.5 Å². The average Bonchev–Trinajstić information content (AvgIpc) is 2.60. The van der Waals surface area contributed by atoms with Crippen LogP contribution >= 0.6 is 0 Å². The number of aliphatic carboxylic acids is 2. The molecular formula is C8H8O9. The number of esters is 2. The zero-order valence-corrected chi connectivity index (χ0v) is 8.14. The van der Waals surface area contributed by atoms with E-state index in [9.17, 15) is 19.2 Å². The molecule has 0 aliphatic carbocycles. The van der Waals surface area contributed by atoms with Crippen molar-refractivity contribution >= 4 is 23.9 Å². The van der Waals surface area contributed by atoms with E-state index in [2.05, 4.69) is 4.74 Å². The minimum atomic E-state index is -2.27. The molecule has 0 saturated carbocycles. The minimum absolute atomic E-state index is 0.579. The van der Waals surface area contributed by atoms with Gasteiger partial charge in [-0.15, -0.1) is 0 Å². The normalized spacial score (nSPS) is 16.6. The van der Waals surface area contributed by atoms with E-state index in [1.165, 1.54) is 0 Å². The Balaban J connectivity index is 0.000000318. The van der Waals surface area contributed by atoms with Gasteiger partial charge in [-0.05, 0) is 0 Å². The predicted molar refractivity (Wildman–Crippen MR) is 47.5 cm³/mol. The number of carbonyl (C=O) groups excluding carboxylic acids is 2. The van der Waals surface area contributed by atoms with Crippen LogP contribution in [0.1, 0.15) is 0 Å². The largest absolute Gasteiger partial charge is 0.479 e. The first-order valence-electron chi connectivity index (χ1n) is 4.01. The number of carboxylic acids is 2. The number of cyclic esters (lactones) is 2. The Morgan fingerprint density at radius 2 is 1.24 bits per heavy atom. The van der Waals surface area contributed by atoms with Crippen LogP contribution in [0.25, 0.3) is 0 Å². The third-order valence-corrected chi connectivity index (χ3v) is 1.36. The van der Waals surface area contributed by atoms with Gasteiger partial charge in [0.2, 0.25) is 0 Å². The van der Waals surface area contributed by atoms with E-state index in [1.807, 2.05) is 0 Å². The van der Waals surface area contributed by atoms with Crippen molar-refractivity contribution in [2.24, 2.45) is 0 Å². The molecule has 1 aliphatic heterocycles. The smallest absolute Gasteiger partial charge is 0.338 e. The number of carbonyl (C=O) groups is 4. The van der Waals surface area contributed by atoms with Crippen LogP contribution in [0.4, 0.5) is 0 Å². The molecule has 9 heteroatoms. The van der Waals surface area contributed by atoms with Crippen LogP contribution in [0, 0.1) is 0 Å². The maximum atomic E-state index is 9.92. The van der Waals surface area contributed by atoms with Gasteiger partial charge in [-0.1, -0.05) is 0 Å². The number of hydrogen-bond acceptors (Lipinski definition) is 7. The number of ether oxygens (including phenoxy) is 1. The Morgan fingerprint density at radius 3 is 1.35 bits per heavy atom. The summed E-state index contributed by atoms with van der Waals surface area (Å²) < 4.78 is 3.97. The van der Waals surface area contributed by atoms with E-state index < -0.39 is 36.1 Å². The first-order chi connectivity index (χ1) is 7.75. The second-order valence-corrected chi connectivity index (χ2v) is 2.64. The standard InChI is InChI=1S/C4H6O6.C4H2O3/c5-1(3(7)8)2(6)4(9)10;5-3-1-2-4(6)7-3/h1-2,5-6H,(H,7,8)(H,9,10);1-2H. The number of hydrogen-bond donors (Lipinski definition) is 4. The number of carboxylic acid groups (broad SMARTS) is 2. The molecule has 0 amide bonds. The van der Waals surface area contributed by atoms with Gasteiger partial charge in [0.15, 0.2) is 12.2 Å². The van der Waals surface area contributed by atoms with E-state index in [-0.39, 0.29) is 0 Å². The molecule has 0 saturated heterocycles. The summed E-state index contributed by atoms with van der Waals surface area (Å²) in [7, 11) is 0. The highest BCUT2D eigenvalue weighted by Gasteiger charge is 2.29. The summed E-state index contributed by atoms with van der Waals surface area (Å²) in [6, 6.07) is 0. The molecule has 1 aliphatic rings. The van der Waals surface area contributed by atoms with Crippen molar-refractivity contribution in [3.8, 4) is 0 Å². The molecule has 0 spiro atoms. The fourth-order valence-corrected chi connectivity index (χ4v) is 0.573. The first kappa shape index (κ1) is 14.7. The SMILES string of the molecule is O=C(O)C(O)C(O)C(=O)O.O=C1C=CC(=O)O1. The lowest BCUT2D eigenvalue weighted by atomic mass is 10.2. The lowest BCUT2D eigenvalue weighted by Gasteiger charge is -2.07. The van der Waals surface area contributed by atoms with Crippen LogP contribution < -0.4 is 0 Å². The molecular weight excluding hydrogens is 240 g/mol. The molecule has 1 heterocycles. The third kappa shape index (κ3) is 5.39. The second-order valence-electron chi connectivity index (χ2n) is 2.64. The summed E-state index contributed by atoms with van der Waals surface area (Å²) in [6.45, 7) is 0. The Hall–Kier alpha value is -2.26. The zero-order chi connectivity index (χ0) is 13.6. The monoisotopic (exact) mass is 248 g/mol. The molecule has 1 rings (SSSR count). The highest BCUT2D eigenvalue weighted by Crippen LogP contribution is 1.93. The quantitative estimate of drug-likeness (QED) is 0.313. The zero-order valence-electron chi connectivity index (χ0n) is 8.14. The molecule has 0 aromatic heterocycles. The average molecular weight is 248 g/mol. The first-order valence-corrected chi connectivity index (χ1v) is 4.01. The van der Waals surface area contributed by atoms with E-state index in [1.54, 1.807) is 0 Å². The topological polar surface area (TPSA) is 158 Å². The highest BCUT2D eigenvalue weighted by molar-refractivity contribution is 6.04. The van der Waals surface area contributed by atoms with Gasteiger partial charge >= 0.3 is 23.9 Å². The van der Waals surface area contributed by atoms with Crippen molar-refractivity contribution < 1.29 is 44.3 Å². The molecule has 0 fully saturated rings. The van der Waals surface area contributed by atoms with Crippen molar-refractivity contribution in [2.75, 3.05) is 0 Å². The summed E-state index contributed by atoms with van der Waals surface area (Å²) in [5.41, 5.74) is 0. The summed E-state index contributed by atoms with van der Waals surface area (Å²) in [6.07, 6.45) is -2.36. The minimum Gasteiger partial charge on any atom is -0.479 e. The third-order valence-electron chi connectivity index (χ3n) is 1.36. The highest BCUT2D eigenvalue weighted by atomic mass is 16.6. The van der Waals surface area contributed by atoms with Gasteiger partial charge in [-0.25, -0.2) is 19.2 Å². The Kier molecular flexibility index (Phi) is 5.51. The molecule has 0 aromatic rings. The number of rotatable bonds is 3. The van der Waals surface area contributed by atoms with Gasteiger partial charge in [0.1, 0.15) is 0 Å². The van der Waals surface area contributed by atoms with Gasteiger partial charge in [-0.3, -0.25) is 0 Å². The van der Waals surface area contributed by atoms with E-state index >= 15 is 0 Å². The van der Waals surface area contributed by atoms with E-state index in [4.69, 9.17) is 20.4 Å². The van der Waals surface area contributed by atoms with E-state index in [0.29, 0.717) is 0 Å². The summed E-state index contributed by atoms with van der Waals surface area (Å²) in [5.74, 6) is -4.69. The number of aliphatic hydroxyl groups is 2. The molecule has 0 aromatic carbocycles. The lowest BCUT2D eigenvalue weighted by Crippen LogP contribution is -2.39. The molecule has 0 radical (unpaired) electrons. The van der Waals surface area contributed by atoms with Crippen molar-refractivity contribution in [3.05, 3.63) is 12.2 Å². The van der Waals surface area contributed by atoms with Gasteiger partial charge < -0.3 is 25.2 Å². The molecule has 94 valence electrons. The molecule has 4 N–H and O–H groups in total. The Morgan fingerprint density at radius 1 is 0.941 bits per heavy atom. The fourth-order valence-electron chi connectivity index (χ4n) is 0.573. The van der Waals surface area contributed by atoms with E-state index in [0.717, 1.165) is 12.2 Å². The lowest BCUT2D eigenvalue weighted by molar-refractivity contribution is -0.165. The van der Waals surface area contributed by atoms with Crippen LogP contribution in [0.3, 0.4) is 0 Å². The summed E-state index contributed by atoms with van der Waals surface area (Å²) >= 11 is 0. The molecule has 2 unspecified atom stereocenters. The number of aliphatic hydroxyl groups excluding tert-OH is 2. The summed E-state index contributed by atoms with van der Waals surface area (Å²) in [4.78, 5) is 39.4. The predicted octanol–water partition coefficient (Wildman–Crippen LogP) is -2.50. The maximum Gasteiger partial charge on any atom is 0.338 e.